The Morgan fingerprint density at radius 1 is 1.63 bits per heavy atom. The lowest BCUT2D eigenvalue weighted by molar-refractivity contribution is 0.00835. The summed E-state index contributed by atoms with van der Waals surface area (Å²) in [5.74, 6) is -0.355. The summed E-state index contributed by atoms with van der Waals surface area (Å²) < 4.78 is 17.7. The van der Waals surface area contributed by atoms with Gasteiger partial charge in [0.25, 0.3) is 0 Å². The number of aromatic nitrogens is 2. The van der Waals surface area contributed by atoms with Gasteiger partial charge < -0.3 is 14.2 Å². The molecule has 0 aromatic carbocycles. The van der Waals surface area contributed by atoms with E-state index in [0.29, 0.717) is 25.4 Å². The number of rotatable bonds is 6. The lowest BCUT2D eigenvalue weighted by Crippen LogP contribution is -2.16. The monoisotopic (exact) mass is 268 g/mol. The van der Waals surface area contributed by atoms with E-state index in [1.54, 1.807) is 18.7 Å². The van der Waals surface area contributed by atoms with Crippen molar-refractivity contribution in [2.45, 2.75) is 32.5 Å². The molecular formula is C13H20N2O4. The van der Waals surface area contributed by atoms with Crippen molar-refractivity contribution in [2.24, 2.45) is 7.05 Å². The SMILES string of the molecule is CCOC(=O)c1cnn(C)c1COC[C@H]1CCCO1. The lowest BCUT2D eigenvalue weighted by Gasteiger charge is -2.11. The highest BCUT2D eigenvalue weighted by Crippen LogP contribution is 2.15. The number of hydrogen-bond donors (Lipinski definition) is 0. The quantitative estimate of drug-likeness (QED) is 0.728. The van der Waals surface area contributed by atoms with Gasteiger partial charge in [-0.05, 0) is 19.8 Å². The largest absolute Gasteiger partial charge is 0.462 e. The molecule has 0 radical (unpaired) electrons. The molecule has 1 aliphatic rings. The van der Waals surface area contributed by atoms with Crippen molar-refractivity contribution in [1.82, 2.24) is 9.78 Å². The maximum Gasteiger partial charge on any atom is 0.341 e. The van der Waals surface area contributed by atoms with Gasteiger partial charge in [-0.2, -0.15) is 5.10 Å². The van der Waals surface area contributed by atoms with E-state index in [1.165, 1.54) is 6.20 Å². The molecule has 0 bridgehead atoms. The molecule has 6 nitrogen and oxygen atoms in total. The summed E-state index contributed by atoms with van der Waals surface area (Å²) in [7, 11) is 1.79. The van der Waals surface area contributed by atoms with Crippen molar-refractivity contribution in [1.29, 1.82) is 0 Å². The molecule has 0 N–H and O–H groups in total. The molecule has 19 heavy (non-hydrogen) atoms. The zero-order valence-corrected chi connectivity index (χ0v) is 11.4. The summed E-state index contributed by atoms with van der Waals surface area (Å²) in [4.78, 5) is 11.7. The van der Waals surface area contributed by atoms with Gasteiger partial charge in [0.05, 0.1) is 37.8 Å². The van der Waals surface area contributed by atoms with Crippen LogP contribution in [0.5, 0.6) is 0 Å². The van der Waals surface area contributed by atoms with Gasteiger partial charge in [-0.15, -0.1) is 0 Å². The molecule has 0 aliphatic carbocycles. The fourth-order valence-corrected chi connectivity index (χ4v) is 2.08. The Morgan fingerprint density at radius 2 is 2.47 bits per heavy atom. The molecule has 0 saturated carbocycles. The minimum atomic E-state index is -0.355. The first-order valence-corrected chi connectivity index (χ1v) is 6.59. The fourth-order valence-electron chi connectivity index (χ4n) is 2.08. The summed E-state index contributed by atoms with van der Waals surface area (Å²) in [6, 6.07) is 0. The molecule has 1 aromatic rings. The summed E-state index contributed by atoms with van der Waals surface area (Å²) >= 11 is 0. The number of carbonyl (C=O) groups is 1. The Bertz CT molecular complexity index is 424. The molecule has 1 saturated heterocycles. The van der Waals surface area contributed by atoms with Gasteiger partial charge in [-0.1, -0.05) is 0 Å². The molecule has 106 valence electrons. The van der Waals surface area contributed by atoms with Gasteiger partial charge in [-0.25, -0.2) is 4.79 Å². The van der Waals surface area contributed by atoms with Gasteiger partial charge in [0.1, 0.15) is 5.56 Å². The standard InChI is InChI=1S/C13H20N2O4/c1-3-18-13(16)11-7-14-15(2)12(11)9-17-8-10-5-4-6-19-10/h7,10H,3-6,8-9H2,1-2H3/t10-/m1/s1. The van der Waals surface area contributed by atoms with Gasteiger partial charge in [0, 0.05) is 13.7 Å². The van der Waals surface area contributed by atoms with E-state index in [0.717, 1.165) is 25.1 Å². The molecule has 1 aliphatic heterocycles. The van der Waals surface area contributed by atoms with Crippen LogP contribution in [0.4, 0.5) is 0 Å². The molecule has 2 heterocycles. The topological polar surface area (TPSA) is 62.6 Å². The van der Waals surface area contributed by atoms with E-state index >= 15 is 0 Å². The van der Waals surface area contributed by atoms with E-state index in [9.17, 15) is 4.79 Å². The minimum absolute atomic E-state index is 0.180. The summed E-state index contributed by atoms with van der Waals surface area (Å²) in [5, 5.41) is 4.07. The summed E-state index contributed by atoms with van der Waals surface area (Å²) in [6.07, 6.45) is 3.83. The average molecular weight is 268 g/mol. The van der Waals surface area contributed by atoms with Gasteiger partial charge in [0.2, 0.25) is 0 Å². The smallest absolute Gasteiger partial charge is 0.341 e. The number of nitrogens with zero attached hydrogens (tertiary/aromatic N) is 2. The average Bonchev–Trinajstić information content (AvgIpc) is 3.01. The van der Waals surface area contributed by atoms with Crippen LogP contribution in [-0.4, -0.2) is 41.7 Å². The third-order valence-corrected chi connectivity index (χ3v) is 3.12. The first-order chi connectivity index (χ1) is 9.22. The number of carbonyl (C=O) groups excluding carboxylic acids is 1. The van der Waals surface area contributed by atoms with Gasteiger partial charge >= 0.3 is 5.97 Å². The highest BCUT2D eigenvalue weighted by Gasteiger charge is 2.19. The predicted molar refractivity (Wildman–Crippen MR) is 67.8 cm³/mol. The zero-order valence-electron chi connectivity index (χ0n) is 11.4. The van der Waals surface area contributed by atoms with Crippen LogP contribution in [-0.2, 0) is 27.9 Å². The van der Waals surface area contributed by atoms with Crippen LogP contribution >= 0.6 is 0 Å². The summed E-state index contributed by atoms with van der Waals surface area (Å²) in [5.41, 5.74) is 1.20. The van der Waals surface area contributed by atoms with Crippen molar-refractivity contribution in [3.05, 3.63) is 17.5 Å². The van der Waals surface area contributed by atoms with Crippen LogP contribution in [0.25, 0.3) is 0 Å². The van der Waals surface area contributed by atoms with Crippen molar-refractivity contribution in [3.8, 4) is 0 Å². The van der Waals surface area contributed by atoms with E-state index in [-0.39, 0.29) is 12.1 Å². The Hall–Kier alpha value is -1.40. The second-order valence-electron chi connectivity index (χ2n) is 4.50. The normalized spacial score (nSPS) is 18.7. The molecule has 0 spiro atoms. The van der Waals surface area contributed by atoms with E-state index in [1.807, 2.05) is 0 Å². The van der Waals surface area contributed by atoms with Crippen LogP contribution in [0.2, 0.25) is 0 Å². The summed E-state index contributed by atoms with van der Waals surface area (Å²) in [6.45, 7) is 3.83. The van der Waals surface area contributed by atoms with Gasteiger partial charge in [0.15, 0.2) is 0 Å². The highest BCUT2D eigenvalue weighted by atomic mass is 16.5. The van der Waals surface area contributed by atoms with E-state index in [2.05, 4.69) is 5.10 Å². The molecular weight excluding hydrogens is 248 g/mol. The van der Waals surface area contributed by atoms with Gasteiger partial charge in [-0.3, -0.25) is 4.68 Å². The number of ether oxygens (including phenoxy) is 3. The van der Waals surface area contributed by atoms with Crippen molar-refractivity contribution >= 4 is 5.97 Å². The van der Waals surface area contributed by atoms with E-state index < -0.39 is 0 Å². The Labute approximate surface area is 112 Å². The van der Waals surface area contributed by atoms with E-state index in [4.69, 9.17) is 14.2 Å². The molecule has 1 fully saturated rings. The Kier molecular flexibility index (Phi) is 4.93. The fraction of sp³-hybridized carbons (Fsp3) is 0.692. The van der Waals surface area contributed by atoms with Crippen LogP contribution in [0.1, 0.15) is 35.8 Å². The molecule has 6 heteroatoms. The molecule has 2 rings (SSSR count). The van der Waals surface area contributed by atoms with Crippen LogP contribution < -0.4 is 0 Å². The number of hydrogen-bond acceptors (Lipinski definition) is 5. The molecule has 1 aromatic heterocycles. The molecule has 0 amide bonds. The minimum Gasteiger partial charge on any atom is -0.462 e. The maximum absolute atomic E-state index is 11.7. The lowest BCUT2D eigenvalue weighted by atomic mass is 10.2. The van der Waals surface area contributed by atoms with Crippen LogP contribution in [0.3, 0.4) is 0 Å². The maximum atomic E-state index is 11.7. The third kappa shape index (κ3) is 3.54. The van der Waals surface area contributed by atoms with Crippen molar-refractivity contribution < 1.29 is 19.0 Å². The molecule has 1 atom stereocenters. The predicted octanol–water partition coefficient (Wildman–Crippen LogP) is 1.29. The highest BCUT2D eigenvalue weighted by molar-refractivity contribution is 5.90. The number of aryl methyl sites for hydroxylation is 1. The Morgan fingerprint density at radius 3 is 3.16 bits per heavy atom. The second kappa shape index (κ2) is 6.68. The first-order valence-electron chi connectivity index (χ1n) is 6.59. The van der Waals surface area contributed by atoms with Crippen molar-refractivity contribution in [3.63, 3.8) is 0 Å². The van der Waals surface area contributed by atoms with Crippen LogP contribution in [0.15, 0.2) is 6.20 Å². The second-order valence-corrected chi connectivity index (χ2v) is 4.50. The molecule has 0 unspecified atom stereocenters. The van der Waals surface area contributed by atoms with Crippen molar-refractivity contribution in [2.75, 3.05) is 19.8 Å². The van der Waals surface area contributed by atoms with Crippen LogP contribution in [0, 0.1) is 0 Å². The first kappa shape index (κ1) is 14.0. The Balaban J connectivity index is 1.91. The zero-order chi connectivity index (χ0) is 13.7. The number of esters is 1. The third-order valence-electron chi connectivity index (χ3n) is 3.12.